The minimum atomic E-state index is 0.0414. The normalized spacial score (nSPS) is 12.1. The van der Waals surface area contributed by atoms with Gasteiger partial charge in [-0.2, -0.15) is 0 Å². The molecule has 0 aliphatic carbocycles. The number of rotatable bonds is 9. The number of benzene rings is 1. The molecule has 0 spiro atoms. The Morgan fingerprint density at radius 2 is 1.79 bits per heavy atom. The zero-order valence-electron chi connectivity index (χ0n) is 12.1. The van der Waals surface area contributed by atoms with Crippen molar-refractivity contribution in [2.75, 3.05) is 20.1 Å². The van der Waals surface area contributed by atoms with Crippen LogP contribution in [0.25, 0.3) is 0 Å². The SMILES string of the molecule is CNCCCCCNC(=O)[C@@H](C)Cc1ccccc1. The molecule has 0 unspecified atom stereocenters. The predicted molar refractivity (Wildman–Crippen MR) is 80.1 cm³/mol. The molecule has 0 radical (unpaired) electrons. The van der Waals surface area contributed by atoms with Gasteiger partial charge in [0.1, 0.15) is 0 Å². The molecule has 1 rings (SSSR count). The number of carbonyl (C=O) groups is 1. The van der Waals surface area contributed by atoms with Crippen molar-refractivity contribution in [2.45, 2.75) is 32.6 Å². The molecular formula is C16H26N2O. The topological polar surface area (TPSA) is 41.1 Å². The summed E-state index contributed by atoms with van der Waals surface area (Å²) in [7, 11) is 1.97. The molecule has 0 aliphatic rings. The van der Waals surface area contributed by atoms with Crippen molar-refractivity contribution in [3.63, 3.8) is 0 Å². The second-order valence-electron chi connectivity index (χ2n) is 5.05. The molecule has 0 aromatic heterocycles. The maximum absolute atomic E-state index is 11.9. The molecule has 3 nitrogen and oxygen atoms in total. The molecule has 1 atom stereocenters. The van der Waals surface area contributed by atoms with Crippen molar-refractivity contribution in [2.24, 2.45) is 5.92 Å². The van der Waals surface area contributed by atoms with Crippen LogP contribution in [0.1, 0.15) is 31.7 Å². The molecule has 106 valence electrons. The van der Waals surface area contributed by atoms with Gasteiger partial charge in [0.15, 0.2) is 0 Å². The number of hydrogen-bond donors (Lipinski definition) is 2. The van der Waals surface area contributed by atoms with E-state index in [0.29, 0.717) is 0 Å². The van der Waals surface area contributed by atoms with Crippen LogP contribution in [0.2, 0.25) is 0 Å². The van der Waals surface area contributed by atoms with Crippen LogP contribution in [0.15, 0.2) is 30.3 Å². The Kier molecular flexibility index (Phi) is 7.91. The molecule has 0 heterocycles. The van der Waals surface area contributed by atoms with Gasteiger partial charge < -0.3 is 10.6 Å². The Balaban J connectivity index is 2.15. The van der Waals surface area contributed by atoms with Gasteiger partial charge in [0.2, 0.25) is 5.91 Å². The summed E-state index contributed by atoms with van der Waals surface area (Å²) in [6.07, 6.45) is 4.21. The fraction of sp³-hybridized carbons (Fsp3) is 0.562. The molecule has 2 N–H and O–H groups in total. The molecule has 0 aliphatic heterocycles. The van der Waals surface area contributed by atoms with Gasteiger partial charge >= 0.3 is 0 Å². The van der Waals surface area contributed by atoms with Crippen molar-refractivity contribution in [3.8, 4) is 0 Å². The van der Waals surface area contributed by atoms with Crippen LogP contribution in [0.3, 0.4) is 0 Å². The molecule has 0 fully saturated rings. The maximum Gasteiger partial charge on any atom is 0.223 e. The number of nitrogens with one attached hydrogen (secondary N) is 2. The van der Waals surface area contributed by atoms with E-state index in [9.17, 15) is 4.79 Å². The average molecular weight is 262 g/mol. The monoisotopic (exact) mass is 262 g/mol. The highest BCUT2D eigenvalue weighted by Crippen LogP contribution is 2.08. The zero-order chi connectivity index (χ0) is 13.9. The summed E-state index contributed by atoms with van der Waals surface area (Å²) in [4.78, 5) is 11.9. The molecule has 0 saturated heterocycles. The van der Waals surface area contributed by atoms with E-state index < -0.39 is 0 Å². The molecular weight excluding hydrogens is 236 g/mol. The fourth-order valence-corrected chi connectivity index (χ4v) is 2.05. The summed E-state index contributed by atoms with van der Waals surface area (Å²) >= 11 is 0. The lowest BCUT2D eigenvalue weighted by Crippen LogP contribution is -2.31. The van der Waals surface area contributed by atoms with E-state index in [2.05, 4.69) is 22.8 Å². The Labute approximate surface area is 116 Å². The number of carbonyl (C=O) groups excluding carboxylic acids is 1. The van der Waals surface area contributed by atoms with E-state index in [1.807, 2.05) is 32.2 Å². The van der Waals surface area contributed by atoms with Gasteiger partial charge in [0.25, 0.3) is 0 Å². The highest BCUT2D eigenvalue weighted by molar-refractivity contribution is 5.78. The summed E-state index contributed by atoms with van der Waals surface area (Å²) in [6.45, 7) is 3.84. The first-order valence-corrected chi connectivity index (χ1v) is 7.20. The van der Waals surface area contributed by atoms with Crippen LogP contribution in [0.4, 0.5) is 0 Å². The third-order valence-corrected chi connectivity index (χ3v) is 3.24. The van der Waals surface area contributed by atoms with Crippen molar-refractivity contribution in [1.82, 2.24) is 10.6 Å². The van der Waals surface area contributed by atoms with Gasteiger partial charge in [-0.15, -0.1) is 0 Å². The third-order valence-electron chi connectivity index (χ3n) is 3.24. The van der Waals surface area contributed by atoms with E-state index in [-0.39, 0.29) is 11.8 Å². The van der Waals surface area contributed by atoms with Crippen LogP contribution < -0.4 is 10.6 Å². The largest absolute Gasteiger partial charge is 0.356 e. The van der Waals surface area contributed by atoms with Crippen LogP contribution in [-0.2, 0) is 11.2 Å². The van der Waals surface area contributed by atoms with E-state index in [4.69, 9.17) is 0 Å². The molecule has 19 heavy (non-hydrogen) atoms. The van der Waals surface area contributed by atoms with Gasteiger partial charge in [0, 0.05) is 12.5 Å². The molecule has 0 bridgehead atoms. The molecule has 1 aromatic rings. The number of hydrogen-bond acceptors (Lipinski definition) is 2. The van der Waals surface area contributed by atoms with Gasteiger partial charge in [-0.25, -0.2) is 0 Å². The lowest BCUT2D eigenvalue weighted by Gasteiger charge is -2.12. The lowest BCUT2D eigenvalue weighted by atomic mass is 10.0. The lowest BCUT2D eigenvalue weighted by molar-refractivity contribution is -0.124. The number of unbranched alkanes of at least 4 members (excludes halogenated alkanes) is 2. The van der Waals surface area contributed by atoms with E-state index in [1.54, 1.807) is 0 Å². The Morgan fingerprint density at radius 1 is 1.11 bits per heavy atom. The summed E-state index contributed by atoms with van der Waals surface area (Å²) in [5, 5.41) is 6.15. The van der Waals surface area contributed by atoms with Gasteiger partial charge in [-0.3, -0.25) is 4.79 Å². The van der Waals surface area contributed by atoms with Crippen LogP contribution in [0, 0.1) is 5.92 Å². The summed E-state index contributed by atoms with van der Waals surface area (Å²) in [6, 6.07) is 10.2. The Hall–Kier alpha value is -1.35. The second kappa shape index (κ2) is 9.56. The third kappa shape index (κ3) is 6.97. The highest BCUT2D eigenvalue weighted by Gasteiger charge is 2.12. The minimum Gasteiger partial charge on any atom is -0.356 e. The number of amides is 1. The second-order valence-corrected chi connectivity index (χ2v) is 5.05. The van der Waals surface area contributed by atoms with Crippen molar-refractivity contribution < 1.29 is 4.79 Å². The first-order valence-electron chi connectivity index (χ1n) is 7.20. The van der Waals surface area contributed by atoms with Crippen LogP contribution >= 0.6 is 0 Å². The van der Waals surface area contributed by atoms with Gasteiger partial charge in [0.05, 0.1) is 0 Å². The summed E-state index contributed by atoms with van der Waals surface area (Å²) in [5.74, 6) is 0.206. The maximum atomic E-state index is 11.9. The standard InChI is InChI=1S/C16H26N2O/c1-14(13-15-9-5-3-6-10-15)16(19)18-12-8-4-7-11-17-2/h3,5-6,9-10,14,17H,4,7-8,11-13H2,1-2H3,(H,18,19)/t14-/m0/s1. The van der Waals surface area contributed by atoms with E-state index in [1.165, 1.54) is 12.0 Å². The van der Waals surface area contributed by atoms with Crippen molar-refractivity contribution >= 4 is 5.91 Å². The quantitative estimate of drug-likeness (QED) is 0.671. The molecule has 3 heteroatoms. The average Bonchev–Trinajstić information content (AvgIpc) is 2.43. The fourth-order valence-electron chi connectivity index (χ4n) is 2.05. The summed E-state index contributed by atoms with van der Waals surface area (Å²) < 4.78 is 0. The first-order chi connectivity index (χ1) is 9.24. The van der Waals surface area contributed by atoms with E-state index in [0.717, 1.165) is 32.4 Å². The highest BCUT2D eigenvalue weighted by atomic mass is 16.1. The summed E-state index contributed by atoms with van der Waals surface area (Å²) in [5.41, 5.74) is 1.22. The van der Waals surface area contributed by atoms with E-state index >= 15 is 0 Å². The smallest absolute Gasteiger partial charge is 0.223 e. The predicted octanol–water partition coefficient (Wildman–Crippen LogP) is 2.37. The van der Waals surface area contributed by atoms with Crippen LogP contribution in [-0.4, -0.2) is 26.0 Å². The molecule has 1 aromatic carbocycles. The first kappa shape index (κ1) is 15.7. The Morgan fingerprint density at radius 3 is 2.47 bits per heavy atom. The Bertz CT molecular complexity index is 351. The van der Waals surface area contributed by atoms with Gasteiger partial charge in [-0.05, 0) is 38.4 Å². The minimum absolute atomic E-state index is 0.0414. The van der Waals surface area contributed by atoms with Gasteiger partial charge in [-0.1, -0.05) is 43.7 Å². The van der Waals surface area contributed by atoms with Crippen LogP contribution in [0.5, 0.6) is 0 Å². The van der Waals surface area contributed by atoms with Crippen molar-refractivity contribution in [1.29, 1.82) is 0 Å². The molecule has 1 amide bonds. The molecule has 0 saturated carbocycles. The zero-order valence-corrected chi connectivity index (χ0v) is 12.1. The van der Waals surface area contributed by atoms with Crippen molar-refractivity contribution in [3.05, 3.63) is 35.9 Å².